The van der Waals surface area contributed by atoms with Crippen molar-refractivity contribution >= 4 is 12.1 Å². The SMILES string of the molecule is Cc1ccc(CCc2ncc(C=O)c(N)n2)cc1. The number of aryl methyl sites for hydroxylation is 3. The molecule has 0 saturated carbocycles. The quantitative estimate of drug-likeness (QED) is 0.831. The van der Waals surface area contributed by atoms with Crippen LogP contribution >= 0.6 is 0 Å². The summed E-state index contributed by atoms with van der Waals surface area (Å²) in [5, 5.41) is 0. The van der Waals surface area contributed by atoms with Crippen molar-refractivity contribution in [1.29, 1.82) is 0 Å². The Morgan fingerprint density at radius 1 is 1.22 bits per heavy atom. The zero-order valence-electron chi connectivity index (χ0n) is 10.3. The van der Waals surface area contributed by atoms with Crippen LogP contribution in [0.15, 0.2) is 30.5 Å². The smallest absolute Gasteiger partial charge is 0.155 e. The predicted octanol–water partition coefficient (Wildman–Crippen LogP) is 1.96. The second-order valence-electron chi connectivity index (χ2n) is 4.23. The van der Waals surface area contributed by atoms with E-state index in [4.69, 9.17) is 5.73 Å². The van der Waals surface area contributed by atoms with Crippen molar-refractivity contribution in [2.75, 3.05) is 5.73 Å². The summed E-state index contributed by atoms with van der Waals surface area (Å²) in [6.45, 7) is 2.06. The van der Waals surface area contributed by atoms with Crippen molar-refractivity contribution in [3.8, 4) is 0 Å². The Morgan fingerprint density at radius 2 is 1.94 bits per heavy atom. The molecule has 0 radical (unpaired) electrons. The highest BCUT2D eigenvalue weighted by molar-refractivity contribution is 5.80. The third kappa shape index (κ3) is 2.91. The standard InChI is InChI=1S/C14H15N3O/c1-10-2-4-11(5-3-10)6-7-13-16-8-12(9-18)14(15)17-13/h2-5,8-9H,6-7H2,1H3,(H2,15,16,17). The highest BCUT2D eigenvalue weighted by Crippen LogP contribution is 2.09. The number of rotatable bonds is 4. The molecule has 0 bridgehead atoms. The molecule has 2 N–H and O–H groups in total. The number of nitrogens with two attached hydrogens (primary N) is 1. The van der Waals surface area contributed by atoms with E-state index >= 15 is 0 Å². The van der Waals surface area contributed by atoms with Crippen molar-refractivity contribution < 1.29 is 4.79 Å². The van der Waals surface area contributed by atoms with Gasteiger partial charge in [0.2, 0.25) is 0 Å². The number of nitrogens with zero attached hydrogens (tertiary/aromatic N) is 2. The van der Waals surface area contributed by atoms with Gasteiger partial charge in [0, 0.05) is 12.6 Å². The van der Waals surface area contributed by atoms with E-state index in [1.165, 1.54) is 17.3 Å². The fourth-order valence-corrected chi connectivity index (χ4v) is 1.66. The molecule has 2 rings (SSSR count). The Kier molecular flexibility index (Phi) is 3.67. The average molecular weight is 241 g/mol. The summed E-state index contributed by atoms with van der Waals surface area (Å²) in [6.07, 6.45) is 3.71. The van der Waals surface area contributed by atoms with Crippen LogP contribution in [0.4, 0.5) is 5.82 Å². The van der Waals surface area contributed by atoms with Gasteiger partial charge in [-0.25, -0.2) is 9.97 Å². The number of aldehydes is 1. The predicted molar refractivity (Wildman–Crippen MR) is 70.4 cm³/mol. The van der Waals surface area contributed by atoms with Gasteiger partial charge in [0.25, 0.3) is 0 Å². The van der Waals surface area contributed by atoms with Crippen LogP contribution in [0.25, 0.3) is 0 Å². The summed E-state index contributed by atoms with van der Waals surface area (Å²) in [5.74, 6) is 0.914. The van der Waals surface area contributed by atoms with E-state index in [1.807, 2.05) is 0 Å². The summed E-state index contributed by atoms with van der Waals surface area (Å²) < 4.78 is 0. The van der Waals surface area contributed by atoms with Crippen molar-refractivity contribution in [3.63, 3.8) is 0 Å². The summed E-state index contributed by atoms with van der Waals surface area (Å²) in [7, 11) is 0. The van der Waals surface area contributed by atoms with Crippen LogP contribution in [-0.2, 0) is 12.8 Å². The topological polar surface area (TPSA) is 68.9 Å². The zero-order chi connectivity index (χ0) is 13.0. The van der Waals surface area contributed by atoms with Crippen molar-refractivity contribution in [3.05, 3.63) is 53.0 Å². The van der Waals surface area contributed by atoms with Crippen LogP contribution in [0.5, 0.6) is 0 Å². The molecule has 0 aliphatic carbocycles. The van der Waals surface area contributed by atoms with E-state index in [0.29, 0.717) is 24.1 Å². The van der Waals surface area contributed by atoms with Gasteiger partial charge >= 0.3 is 0 Å². The molecule has 0 aliphatic rings. The molecule has 1 heterocycles. The Bertz CT molecular complexity index is 549. The Morgan fingerprint density at radius 3 is 2.56 bits per heavy atom. The first kappa shape index (κ1) is 12.2. The molecule has 0 spiro atoms. The first-order valence-corrected chi connectivity index (χ1v) is 5.81. The Labute approximate surface area is 106 Å². The van der Waals surface area contributed by atoms with Gasteiger partial charge in [0.05, 0.1) is 5.56 Å². The lowest BCUT2D eigenvalue weighted by molar-refractivity contribution is 0.112. The number of benzene rings is 1. The fraction of sp³-hybridized carbons (Fsp3) is 0.214. The van der Waals surface area contributed by atoms with Gasteiger partial charge in [-0.3, -0.25) is 4.79 Å². The van der Waals surface area contributed by atoms with Gasteiger partial charge in [-0.2, -0.15) is 0 Å². The average Bonchev–Trinajstić information content (AvgIpc) is 2.38. The highest BCUT2D eigenvalue weighted by Gasteiger charge is 2.03. The third-order valence-corrected chi connectivity index (χ3v) is 2.78. The minimum Gasteiger partial charge on any atom is -0.383 e. The number of carbonyl (C=O) groups excluding carboxylic acids is 1. The van der Waals surface area contributed by atoms with Crippen molar-refractivity contribution in [2.45, 2.75) is 19.8 Å². The van der Waals surface area contributed by atoms with Crippen molar-refractivity contribution in [1.82, 2.24) is 9.97 Å². The van der Waals surface area contributed by atoms with E-state index in [2.05, 4.69) is 41.2 Å². The van der Waals surface area contributed by atoms with Gasteiger partial charge in [0.15, 0.2) is 6.29 Å². The molecule has 18 heavy (non-hydrogen) atoms. The molecule has 1 aromatic heterocycles. The normalized spacial score (nSPS) is 10.3. The number of nitrogen functional groups attached to an aromatic ring is 1. The van der Waals surface area contributed by atoms with E-state index < -0.39 is 0 Å². The van der Waals surface area contributed by atoms with Crippen molar-refractivity contribution in [2.24, 2.45) is 0 Å². The van der Waals surface area contributed by atoms with Gasteiger partial charge in [-0.15, -0.1) is 0 Å². The summed E-state index contributed by atoms with van der Waals surface area (Å²) in [4.78, 5) is 18.8. The molecule has 92 valence electrons. The lowest BCUT2D eigenvalue weighted by Crippen LogP contribution is -2.04. The van der Waals surface area contributed by atoms with Crippen LogP contribution in [0.1, 0.15) is 27.3 Å². The minimum atomic E-state index is 0.249. The molecule has 0 aliphatic heterocycles. The van der Waals surface area contributed by atoms with Crippen LogP contribution in [0, 0.1) is 6.92 Å². The van der Waals surface area contributed by atoms with E-state index in [-0.39, 0.29) is 5.82 Å². The number of hydrogen-bond donors (Lipinski definition) is 1. The Hall–Kier alpha value is -2.23. The fourth-order valence-electron chi connectivity index (χ4n) is 1.66. The van der Waals surface area contributed by atoms with Crippen LogP contribution < -0.4 is 5.73 Å². The van der Waals surface area contributed by atoms with Crippen LogP contribution in [0.2, 0.25) is 0 Å². The van der Waals surface area contributed by atoms with Crippen LogP contribution in [0.3, 0.4) is 0 Å². The maximum atomic E-state index is 10.6. The number of hydrogen-bond acceptors (Lipinski definition) is 4. The Balaban J connectivity index is 2.04. The second-order valence-corrected chi connectivity index (χ2v) is 4.23. The molecule has 2 aromatic rings. The van der Waals surface area contributed by atoms with Gasteiger partial charge in [0.1, 0.15) is 11.6 Å². The number of carbonyl (C=O) groups is 1. The molecule has 0 unspecified atom stereocenters. The maximum Gasteiger partial charge on any atom is 0.155 e. The molecule has 0 fully saturated rings. The largest absolute Gasteiger partial charge is 0.383 e. The van der Waals surface area contributed by atoms with Crippen LogP contribution in [-0.4, -0.2) is 16.3 Å². The lowest BCUT2D eigenvalue weighted by Gasteiger charge is -2.03. The monoisotopic (exact) mass is 241 g/mol. The van der Waals surface area contributed by atoms with E-state index in [0.717, 1.165) is 6.42 Å². The lowest BCUT2D eigenvalue weighted by atomic mass is 10.1. The first-order valence-electron chi connectivity index (χ1n) is 5.81. The highest BCUT2D eigenvalue weighted by atomic mass is 16.1. The zero-order valence-corrected chi connectivity index (χ0v) is 10.3. The van der Waals surface area contributed by atoms with E-state index in [1.54, 1.807) is 0 Å². The third-order valence-electron chi connectivity index (χ3n) is 2.78. The first-order chi connectivity index (χ1) is 8.69. The summed E-state index contributed by atoms with van der Waals surface area (Å²) in [5.41, 5.74) is 8.46. The molecular weight excluding hydrogens is 226 g/mol. The molecule has 0 atom stereocenters. The molecule has 0 amide bonds. The number of aromatic nitrogens is 2. The summed E-state index contributed by atoms with van der Waals surface area (Å²) >= 11 is 0. The van der Waals surface area contributed by atoms with E-state index in [9.17, 15) is 4.79 Å². The second kappa shape index (κ2) is 5.40. The molecule has 1 aromatic carbocycles. The van der Waals surface area contributed by atoms with Gasteiger partial charge in [-0.1, -0.05) is 29.8 Å². The molecule has 4 nitrogen and oxygen atoms in total. The maximum absolute atomic E-state index is 10.6. The number of anilines is 1. The van der Waals surface area contributed by atoms with Gasteiger partial charge < -0.3 is 5.73 Å². The summed E-state index contributed by atoms with van der Waals surface area (Å²) in [6, 6.07) is 8.36. The molecular formula is C14H15N3O. The minimum absolute atomic E-state index is 0.249. The molecule has 0 saturated heterocycles. The molecule has 4 heteroatoms. The van der Waals surface area contributed by atoms with Gasteiger partial charge in [-0.05, 0) is 18.9 Å².